The van der Waals surface area contributed by atoms with Crippen molar-refractivity contribution in [1.29, 1.82) is 0 Å². The van der Waals surface area contributed by atoms with Crippen LogP contribution in [-0.2, 0) is 6.54 Å². The highest BCUT2D eigenvalue weighted by Crippen LogP contribution is 2.37. The highest BCUT2D eigenvalue weighted by molar-refractivity contribution is 5.72. The second-order valence-electron chi connectivity index (χ2n) is 9.50. The molecule has 194 valence electrons. The SMILES string of the molecule is CCCN(CCC)c1c(C)nc(-c2c(C)cc(C)cc2OCCN(C)Cc2ccccc2)nc1OC. The Morgan fingerprint density at radius 3 is 2.22 bits per heavy atom. The van der Waals surface area contributed by atoms with Crippen molar-refractivity contribution in [3.05, 3.63) is 64.8 Å². The third-order valence-electron chi connectivity index (χ3n) is 6.22. The zero-order valence-corrected chi connectivity index (χ0v) is 23.1. The Balaban J connectivity index is 1.87. The zero-order valence-electron chi connectivity index (χ0n) is 23.1. The summed E-state index contributed by atoms with van der Waals surface area (Å²) in [4.78, 5) is 14.5. The van der Waals surface area contributed by atoms with Crippen LogP contribution in [0.4, 0.5) is 5.69 Å². The lowest BCUT2D eigenvalue weighted by Crippen LogP contribution is -2.27. The molecule has 0 N–H and O–H groups in total. The molecular weight excluding hydrogens is 448 g/mol. The molecule has 3 rings (SSSR count). The topological polar surface area (TPSA) is 50.7 Å². The van der Waals surface area contributed by atoms with Gasteiger partial charge in [-0.05, 0) is 63.4 Å². The molecule has 0 aliphatic rings. The lowest BCUT2D eigenvalue weighted by Gasteiger charge is -2.27. The number of aryl methyl sites for hydroxylation is 3. The maximum atomic E-state index is 6.36. The third-order valence-corrected chi connectivity index (χ3v) is 6.22. The van der Waals surface area contributed by atoms with Gasteiger partial charge in [-0.25, -0.2) is 4.98 Å². The summed E-state index contributed by atoms with van der Waals surface area (Å²) in [6.45, 7) is 14.8. The Labute approximate surface area is 217 Å². The molecule has 6 nitrogen and oxygen atoms in total. The summed E-state index contributed by atoms with van der Waals surface area (Å²) in [6.07, 6.45) is 2.11. The normalized spacial score (nSPS) is 11.1. The molecule has 0 saturated heterocycles. The van der Waals surface area contributed by atoms with Gasteiger partial charge in [-0.1, -0.05) is 50.2 Å². The lowest BCUT2D eigenvalue weighted by atomic mass is 10.0. The maximum absolute atomic E-state index is 6.36. The molecule has 2 aromatic carbocycles. The monoisotopic (exact) mass is 490 g/mol. The van der Waals surface area contributed by atoms with Crippen LogP contribution >= 0.6 is 0 Å². The molecular formula is C30H42N4O2. The van der Waals surface area contributed by atoms with E-state index in [1.165, 1.54) is 5.56 Å². The first-order valence-electron chi connectivity index (χ1n) is 13.0. The van der Waals surface area contributed by atoms with Crippen molar-refractivity contribution in [2.45, 2.75) is 54.0 Å². The minimum atomic E-state index is 0.578. The average Bonchev–Trinajstić information content (AvgIpc) is 2.84. The average molecular weight is 491 g/mol. The number of nitrogens with zero attached hydrogens (tertiary/aromatic N) is 4. The molecule has 0 atom stereocenters. The number of methoxy groups -OCH3 is 1. The van der Waals surface area contributed by atoms with Gasteiger partial charge in [0, 0.05) is 26.2 Å². The second kappa shape index (κ2) is 13.3. The number of likely N-dealkylation sites (N-methyl/N-ethyl adjacent to an activating group) is 1. The molecule has 0 aliphatic carbocycles. The molecule has 3 aromatic rings. The number of aromatic nitrogens is 2. The van der Waals surface area contributed by atoms with Gasteiger partial charge in [-0.2, -0.15) is 4.98 Å². The Morgan fingerprint density at radius 1 is 0.889 bits per heavy atom. The van der Waals surface area contributed by atoms with E-state index in [0.29, 0.717) is 18.3 Å². The summed E-state index contributed by atoms with van der Waals surface area (Å²) in [5, 5.41) is 0. The van der Waals surface area contributed by atoms with Crippen molar-refractivity contribution in [3.63, 3.8) is 0 Å². The predicted molar refractivity (Wildman–Crippen MR) is 149 cm³/mol. The van der Waals surface area contributed by atoms with E-state index < -0.39 is 0 Å². The summed E-state index contributed by atoms with van der Waals surface area (Å²) >= 11 is 0. The Kier molecular flexibility index (Phi) is 10.1. The first kappa shape index (κ1) is 27.5. The summed E-state index contributed by atoms with van der Waals surface area (Å²) in [5.74, 6) is 2.08. The van der Waals surface area contributed by atoms with E-state index in [1.807, 2.05) is 13.0 Å². The van der Waals surface area contributed by atoms with Gasteiger partial charge >= 0.3 is 0 Å². The number of rotatable bonds is 13. The van der Waals surface area contributed by atoms with E-state index in [-0.39, 0.29) is 0 Å². The molecule has 6 heteroatoms. The van der Waals surface area contributed by atoms with Gasteiger partial charge in [0.1, 0.15) is 18.0 Å². The van der Waals surface area contributed by atoms with E-state index in [2.05, 4.69) is 80.9 Å². The van der Waals surface area contributed by atoms with Gasteiger partial charge in [0.15, 0.2) is 5.82 Å². The fraction of sp³-hybridized carbons (Fsp3) is 0.467. The fourth-order valence-corrected chi connectivity index (χ4v) is 4.65. The first-order valence-corrected chi connectivity index (χ1v) is 13.0. The van der Waals surface area contributed by atoms with Crippen LogP contribution in [0.1, 0.15) is 49.1 Å². The number of hydrogen-bond donors (Lipinski definition) is 0. The van der Waals surface area contributed by atoms with Crippen LogP contribution < -0.4 is 14.4 Å². The summed E-state index contributed by atoms with van der Waals surface area (Å²) in [5.41, 5.74) is 6.38. The molecule has 0 amide bonds. The van der Waals surface area contributed by atoms with E-state index in [9.17, 15) is 0 Å². The molecule has 1 heterocycles. The van der Waals surface area contributed by atoms with Crippen molar-refractivity contribution in [3.8, 4) is 23.0 Å². The quantitative estimate of drug-likeness (QED) is 0.284. The van der Waals surface area contributed by atoms with Crippen molar-refractivity contribution >= 4 is 5.69 Å². The van der Waals surface area contributed by atoms with E-state index in [1.54, 1.807) is 7.11 Å². The van der Waals surface area contributed by atoms with Gasteiger partial charge in [-0.3, -0.25) is 4.90 Å². The van der Waals surface area contributed by atoms with E-state index >= 15 is 0 Å². The van der Waals surface area contributed by atoms with Gasteiger partial charge in [0.05, 0.1) is 18.4 Å². The molecule has 36 heavy (non-hydrogen) atoms. The van der Waals surface area contributed by atoms with Gasteiger partial charge in [0.2, 0.25) is 5.88 Å². The first-order chi connectivity index (χ1) is 17.4. The minimum absolute atomic E-state index is 0.578. The number of benzene rings is 2. The molecule has 0 aliphatic heterocycles. The molecule has 1 aromatic heterocycles. The fourth-order valence-electron chi connectivity index (χ4n) is 4.65. The Hall–Kier alpha value is -3.12. The van der Waals surface area contributed by atoms with Crippen molar-refractivity contribution < 1.29 is 9.47 Å². The van der Waals surface area contributed by atoms with Crippen LogP contribution in [0.2, 0.25) is 0 Å². The van der Waals surface area contributed by atoms with Crippen LogP contribution in [0, 0.1) is 20.8 Å². The van der Waals surface area contributed by atoms with Gasteiger partial charge in [0.25, 0.3) is 0 Å². The maximum Gasteiger partial charge on any atom is 0.241 e. The van der Waals surface area contributed by atoms with Crippen LogP contribution in [0.5, 0.6) is 11.6 Å². The largest absolute Gasteiger partial charge is 0.491 e. The second-order valence-corrected chi connectivity index (χ2v) is 9.50. The molecule has 0 saturated carbocycles. The van der Waals surface area contributed by atoms with E-state index in [0.717, 1.165) is 72.8 Å². The molecule has 0 radical (unpaired) electrons. The highest BCUT2D eigenvalue weighted by Gasteiger charge is 2.22. The molecule has 0 bridgehead atoms. The highest BCUT2D eigenvalue weighted by atomic mass is 16.5. The van der Waals surface area contributed by atoms with Crippen LogP contribution in [0.3, 0.4) is 0 Å². The number of anilines is 1. The van der Waals surface area contributed by atoms with Crippen molar-refractivity contribution in [2.75, 3.05) is 45.3 Å². The standard InChI is InChI=1S/C30H42N4O2/c1-8-15-34(16-9-2)28-24(5)31-29(32-30(28)35-7)27-23(4)19-22(3)20-26(27)36-18-17-33(6)21-25-13-11-10-12-14-25/h10-14,19-20H,8-9,15-18,21H2,1-7H3. The van der Waals surface area contributed by atoms with Gasteiger partial charge < -0.3 is 14.4 Å². The molecule has 0 spiro atoms. The van der Waals surface area contributed by atoms with Crippen molar-refractivity contribution in [2.24, 2.45) is 0 Å². The van der Waals surface area contributed by atoms with Crippen LogP contribution in [-0.4, -0.2) is 55.3 Å². The lowest BCUT2D eigenvalue weighted by molar-refractivity contribution is 0.233. The zero-order chi connectivity index (χ0) is 26.1. The third kappa shape index (κ3) is 6.97. The molecule has 0 unspecified atom stereocenters. The Bertz CT molecular complexity index is 1110. The van der Waals surface area contributed by atoms with E-state index in [4.69, 9.17) is 19.4 Å². The summed E-state index contributed by atoms with van der Waals surface area (Å²) < 4.78 is 12.2. The summed E-state index contributed by atoms with van der Waals surface area (Å²) in [7, 11) is 3.81. The Morgan fingerprint density at radius 2 is 1.58 bits per heavy atom. The smallest absolute Gasteiger partial charge is 0.241 e. The number of ether oxygens (including phenoxy) is 2. The van der Waals surface area contributed by atoms with Crippen LogP contribution in [0.25, 0.3) is 11.4 Å². The summed E-state index contributed by atoms with van der Waals surface area (Å²) in [6, 6.07) is 14.7. The predicted octanol–water partition coefficient (Wildman–Crippen LogP) is 6.21. The molecule has 0 fully saturated rings. The van der Waals surface area contributed by atoms with Crippen LogP contribution in [0.15, 0.2) is 42.5 Å². The van der Waals surface area contributed by atoms with Gasteiger partial charge in [-0.15, -0.1) is 0 Å². The van der Waals surface area contributed by atoms with Crippen molar-refractivity contribution in [1.82, 2.24) is 14.9 Å². The minimum Gasteiger partial charge on any atom is -0.491 e. The number of hydrogen-bond acceptors (Lipinski definition) is 6.